The molecule has 0 saturated heterocycles. The van der Waals surface area contributed by atoms with Crippen molar-refractivity contribution < 1.29 is 14.3 Å². The topological polar surface area (TPSA) is 79.5 Å². The molecule has 0 spiro atoms. The normalized spacial score (nSPS) is 10.3. The fraction of sp³-hybridized carbons (Fsp3) is 0.160. The maximum absolute atomic E-state index is 12.7. The number of rotatable bonds is 7. The number of para-hydroxylation sites is 1. The molecule has 0 aromatic heterocycles. The molecule has 0 unspecified atom stereocenters. The van der Waals surface area contributed by atoms with Crippen LogP contribution in [-0.2, 0) is 11.2 Å². The lowest BCUT2D eigenvalue weighted by Gasteiger charge is -2.14. The summed E-state index contributed by atoms with van der Waals surface area (Å²) in [5, 5.41) is 3.83. The van der Waals surface area contributed by atoms with Gasteiger partial charge in [0.2, 0.25) is 0 Å². The SMILES string of the molecule is CCc1ccccc1NC(=S)NNC(=O)COc1ccc(C(=O)c2cccc(Cl)c2)cc1C. The second kappa shape index (κ2) is 11.4. The van der Waals surface area contributed by atoms with Gasteiger partial charge in [0.1, 0.15) is 5.75 Å². The highest BCUT2D eigenvalue weighted by molar-refractivity contribution is 7.80. The molecule has 0 aliphatic rings. The van der Waals surface area contributed by atoms with Crippen molar-refractivity contribution in [1.82, 2.24) is 10.9 Å². The van der Waals surface area contributed by atoms with Crippen LogP contribution in [0, 0.1) is 6.92 Å². The van der Waals surface area contributed by atoms with Crippen LogP contribution in [0.2, 0.25) is 5.02 Å². The summed E-state index contributed by atoms with van der Waals surface area (Å²) >= 11 is 11.2. The Morgan fingerprint density at radius 1 is 0.970 bits per heavy atom. The van der Waals surface area contributed by atoms with Crippen molar-refractivity contribution in [3.63, 3.8) is 0 Å². The van der Waals surface area contributed by atoms with E-state index in [0.29, 0.717) is 21.9 Å². The quantitative estimate of drug-likeness (QED) is 0.254. The highest BCUT2D eigenvalue weighted by Crippen LogP contribution is 2.22. The van der Waals surface area contributed by atoms with Crippen molar-refractivity contribution >= 4 is 46.3 Å². The molecule has 8 heteroatoms. The van der Waals surface area contributed by atoms with Crippen molar-refractivity contribution in [2.45, 2.75) is 20.3 Å². The predicted molar refractivity (Wildman–Crippen MR) is 135 cm³/mol. The maximum Gasteiger partial charge on any atom is 0.276 e. The lowest BCUT2D eigenvalue weighted by molar-refractivity contribution is -0.123. The Hall–Kier alpha value is -3.42. The molecule has 3 aromatic rings. The van der Waals surface area contributed by atoms with E-state index in [1.807, 2.05) is 31.2 Å². The minimum absolute atomic E-state index is 0.139. The minimum Gasteiger partial charge on any atom is -0.483 e. The Morgan fingerprint density at radius 3 is 2.45 bits per heavy atom. The molecule has 0 radical (unpaired) electrons. The van der Waals surface area contributed by atoms with Gasteiger partial charge in [-0.05, 0) is 73.1 Å². The van der Waals surface area contributed by atoms with Crippen LogP contribution in [0.4, 0.5) is 5.69 Å². The first-order valence-corrected chi connectivity index (χ1v) is 11.1. The molecule has 0 atom stereocenters. The molecule has 33 heavy (non-hydrogen) atoms. The molecule has 0 saturated carbocycles. The number of halogens is 1. The fourth-order valence-corrected chi connectivity index (χ4v) is 3.51. The van der Waals surface area contributed by atoms with Crippen LogP contribution in [0.1, 0.15) is 34.0 Å². The summed E-state index contributed by atoms with van der Waals surface area (Å²) in [5.74, 6) is -0.0356. The van der Waals surface area contributed by atoms with Crippen molar-refractivity contribution in [3.05, 3.63) is 94.0 Å². The Labute approximate surface area is 203 Å². The highest BCUT2D eigenvalue weighted by atomic mass is 35.5. The van der Waals surface area contributed by atoms with Crippen molar-refractivity contribution in [1.29, 1.82) is 0 Å². The van der Waals surface area contributed by atoms with E-state index in [-0.39, 0.29) is 17.5 Å². The molecule has 0 aliphatic carbocycles. The van der Waals surface area contributed by atoms with E-state index < -0.39 is 5.91 Å². The summed E-state index contributed by atoms with van der Waals surface area (Å²) in [5.41, 5.74) is 8.91. The zero-order valence-corrected chi connectivity index (χ0v) is 19.8. The third-order valence-electron chi connectivity index (χ3n) is 4.84. The Morgan fingerprint density at radius 2 is 1.73 bits per heavy atom. The maximum atomic E-state index is 12.7. The van der Waals surface area contributed by atoms with Gasteiger partial charge in [0.15, 0.2) is 17.5 Å². The molecular formula is C25H24ClN3O3S. The van der Waals surface area contributed by atoms with Gasteiger partial charge in [0.05, 0.1) is 0 Å². The molecule has 0 heterocycles. The van der Waals surface area contributed by atoms with Crippen LogP contribution in [-0.4, -0.2) is 23.4 Å². The number of carbonyl (C=O) groups is 2. The number of aryl methyl sites for hydroxylation is 2. The standard InChI is InChI=1S/C25H24ClN3O3S/c1-3-17-7-4-5-10-21(17)27-25(33)29-28-23(30)15-32-22-12-11-19(13-16(22)2)24(31)18-8-6-9-20(26)14-18/h4-14H,3,15H2,1-2H3,(H,28,30)(H2,27,29,33). The van der Waals surface area contributed by atoms with Crippen molar-refractivity contribution in [3.8, 4) is 5.75 Å². The second-order valence-electron chi connectivity index (χ2n) is 7.25. The summed E-state index contributed by atoms with van der Waals surface area (Å²) in [7, 11) is 0. The van der Waals surface area contributed by atoms with Crippen LogP contribution < -0.4 is 20.9 Å². The van der Waals surface area contributed by atoms with Crippen molar-refractivity contribution in [2.24, 2.45) is 0 Å². The van der Waals surface area contributed by atoms with Gasteiger partial charge in [-0.25, -0.2) is 0 Å². The highest BCUT2D eigenvalue weighted by Gasteiger charge is 2.12. The van der Waals surface area contributed by atoms with Gasteiger partial charge >= 0.3 is 0 Å². The number of ketones is 1. The number of amides is 1. The first-order chi connectivity index (χ1) is 15.9. The molecule has 6 nitrogen and oxygen atoms in total. The van der Waals surface area contributed by atoms with Crippen LogP contribution in [0.25, 0.3) is 0 Å². The lowest BCUT2D eigenvalue weighted by Crippen LogP contribution is -2.45. The zero-order chi connectivity index (χ0) is 23.8. The third kappa shape index (κ3) is 6.78. The number of nitrogens with one attached hydrogen (secondary N) is 3. The molecule has 3 aromatic carbocycles. The molecule has 3 N–H and O–H groups in total. The van der Waals surface area contributed by atoms with E-state index >= 15 is 0 Å². The number of hydrogen-bond acceptors (Lipinski definition) is 4. The van der Waals surface area contributed by atoms with Crippen LogP contribution in [0.5, 0.6) is 5.75 Å². The number of ether oxygens (including phenoxy) is 1. The minimum atomic E-state index is -0.401. The number of hydrazine groups is 1. The number of thiocarbonyl (C=S) groups is 1. The first kappa shape index (κ1) is 24.2. The van der Waals surface area contributed by atoms with Crippen LogP contribution in [0.3, 0.4) is 0 Å². The Kier molecular flexibility index (Phi) is 8.40. The largest absolute Gasteiger partial charge is 0.483 e. The molecule has 0 aliphatic heterocycles. The van der Waals surface area contributed by atoms with Crippen molar-refractivity contribution in [2.75, 3.05) is 11.9 Å². The summed E-state index contributed by atoms with van der Waals surface area (Å²) in [6.45, 7) is 3.64. The number of hydrogen-bond donors (Lipinski definition) is 3. The monoisotopic (exact) mass is 481 g/mol. The summed E-state index contributed by atoms with van der Waals surface area (Å²) in [4.78, 5) is 24.8. The van der Waals surface area contributed by atoms with E-state index in [0.717, 1.165) is 23.2 Å². The average Bonchev–Trinajstić information content (AvgIpc) is 2.81. The van der Waals surface area contributed by atoms with Gasteiger partial charge in [-0.15, -0.1) is 0 Å². The van der Waals surface area contributed by atoms with E-state index in [1.54, 1.807) is 42.5 Å². The molecule has 170 valence electrons. The predicted octanol–water partition coefficient (Wildman–Crippen LogP) is 4.84. The molecule has 0 bridgehead atoms. The molecule has 1 amide bonds. The van der Waals surface area contributed by atoms with Gasteiger partial charge < -0.3 is 10.1 Å². The lowest BCUT2D eigenvalue weighted by atomic mass is 10.0. The first-order valence-electron chi connectivity index (χ1n) is 10.3. The zero-order valence-electron chi connectivity index (χ0n) is 18.3. The van der Waals surface area contributed by atoms with E-state index in [9.17, 15) is 9.59 Å². The summed E-state index contributed by atoms with van der Waals surface area (Å²) in [6, 6.07) is 19.6. The smallest absolute Gasteiger partial charge is 0.276 e. The molecule has 3 rings (SSSR count). The average molecular weight is 482 g/mol. The number of benzene rings is 3. The fourth-order valence-electron chi connectivity index (χ4n) is 3.16. The van der Waals surface area contributed by atoms with Gasteiger partial charge in [0.25, 0.3) is 5.91 Å². The van der Waals surface area contributed by atoms with Gasteiger partial charge in [-0.1, -0.05) is 48.9 Å². The van der Waals surface area contributed by atoms with E-state index in [1.165, 1.54) is 0 Å². The number of anilines is 1. The number of carbonyl (C=O) groups excluding carboxylic acids is 2. The van der Waals surface area contributed by atoms with Crippen LogP contribution >= 0.6 is 23.8 Å². The molecule has 0 fully saturated rings. The third-order valence-corrected chi connectivity index (χ3v) is 5.28. The van der Waals surface area contributed by atoms with E-state index in [4.69, 9.17) is 28.6 Å². The Bertz CT molecular complexity index is 1180. The van der Waals surface area contributed by atoms with Gasteiger partial charge in [0, 0.05) is 21.8 Å². The van der Waals surface area contributed by atoms with Gasteiger partial charge in [-0.3, -0.25) is 20.4 Å². The van der Waals surface area contributed by atoms with E-state index in [2.05, 4.69) is 23.1 Å². The molecular weight excluding hydrogens is 458 g/mol. The summed E-state index contributed by atoms with van der Waals surface area (Å²) < 4.78 is 5.60. The van der Waals surface area contributed by atoms with Gasteiger partial charge in [-0.2, -0.15) is 0 Å². The summed E-state index contributed by atoms with van der Waals surface area (Å²) in [6.07, 6.45) is 0.856. The second-order valence-corrected chi connectivity index (χ2v) is 8.09. The van der Waals surface area contributed by atoms with Crippen LogP contribution in [0.15, 0.2) is 66.7 Å². The Balaban J connectivity index is 1.50.